The Morgan fingerprint density at radius 2 is 1.88 bits per heavy atom. The van der Waals surface area contributed by atoms with Crippen molar-refractivity contribution in [3.05, 3.63) is 30.1 Å². The van der Waals surface area contributed by atoms with Crippen molar-refractivity contribution in [2.24, 2.45) is 5.90 Å². The maximum atomic E-state index is 12.4. The number of rotatable bonds is 8. The van der Waals surface area contributed by atoms with Gasteiger partial charge in [0.2, 0.25) is 0 Å². The fraction of sp³-hybridized carbons (Fsp3) is 0.588. The quantitative estimate of drug-likeness (QED) is 0.418. The van der Waals surface area contributed by atoms with Crippen LogP contribution < -0.4 is 15.8 Å². The minimum Gasteiger partial charge on any atom is -0.386 e. The lowest BCUT2D eigenvalue weighted by atomic mass is 10.2. The topological polar surface area (TPSA) is 97.8 Å². The fourth-order valence-electron chi connectivity index (χ4n) is 2.46. The van der Waals surface area contributed by atoms with Gasteiger partial charge in [-0.25, -0.2) is 10.7 Å². The number of nitrogens with two attached hydrogens (primary N) is 1. The molecule has 0 saturated carbocycles. The van der Waals surface area contributed by atoms with Crippen LogP contribution in [-0.2, 0) is 9.57 Å². The van der Waals surface area contributed by atoms with Crippen LogP contribution in [0, 0.1) is 0 Å². The summed E-state index contributed by atoms with van der Waals surface area (Å²) in [6.07, 6.45) is 2.44. The lowest BCUT2D eigenvalue weighted by Gasteiger charge is -2.29. The smallest absolute Gasteiger partial charge is 0.386 e. The van der Waals surface area contributed by atoms with Gasteiger partial charge in [-0.2, -0.15) is 4.57 Å². The monoisotopic (exact) mass is 353 g/mol. The molecule has 0 saturated heterocycles. The summed E-state index contributed by atoms with van der Waals surface area (Å²) in [5, 5.41) is 2.68. The highest BCUT2D eigenvalue weighted by Gasteiger charge is 2.26. The van der Waals surface area contributed by atoms with Gasteiger partial charge < -0.3 is 19.8 Å². The van der Waals surface area contributed by atoms with Crippen LogP contribution in [0.1, 0.15) is 51.2 Å². The Hall–Kier alpha value is -2.19. The average Bonchev–Trinajstić information content (AvgIpc) is 2.54. The van der Waals surface area contributed by atoms with Gasteiger partial charge in [0.15, 0.2) is 12.4 Å². The molecule has 1 heterocycles. The molecule has 0 radical (unpaired) electrons. The largest absolute Gasteiger partial charge is 0.415 e. The lowest BCUT2D eigenvalue weighted by molar-refractivity contribution is -0.753. The lowest BCUT2D eigenvalue weighted by Crippen LogP contribution is -2.47. The van der Waals surface area contributed by atoms with Crippen LogP contribution in [0.15, 0.2) is 24.5 Å². The number of nitrogens with one attached hydrogen (secondary N) is 1. The second-order valence-corrected chi connectivity index (χ2v) is 6.24. The Morgan fingerprint density at radius 1 is 1.24 bits per heavy atom. The van der Waals surface area contributed by atoms with E-state index in [1.165, 1.54) is 0 Å². The van der Waals surface area contributed by atoms with Crippen molar-refractivity contribution >= 4 is 12.0 Å². The molecule has 1 atom stereocenters. The highest BCUT2D eigenvalue weighted by atomic mass is 16.6. The highest BCUT2D eigenvalue weighted by Crippen LogP contribution is 2.11. The van der Waals surface area contributed by atoms with Crippen molar-refractivity contribution in [3.8, 4) is 0 Å². The zero-order chi connectivity index (χ0) is 19.0. The van der Waals surface area contributed by atoms with E-state index in [2.05, 4.69) is 10.2 Å². The number of amides is 2. The number of carbonyl (C=O) groups excluding carboxylic acids is 2. The number of carbonyl (C=O) groups is 2. The van der Waals surface area contributed by atoms with Crippen molar-refractivity contribution < 1.29 is 23.7 Å². The van der Waals surface area contributed by atoms with Crippen LogP contribution in [0.25, 0.3) is 0 Å². The maximum absolute atomic E-state index is 12.4. The molecule has 0 bridgehead atoms. The summed E-state index contributed by atoms with van der Waals surface area (Å²) in [5.41, 5.74) is 0.451. The average molecular weight is 353 g/mol. The van der Waals surface area contributed by atoms with E-state index < -0.39 is 6.23 Å². The summed E-state index contributed by atoms with van der Waals surface area (Å²) in [7, 11) is 0. The van der Waals surface area contributed by atoms with Crippen LogP contribution >= 0.6 is 0 Å². The molecule has 0 aromatic carbocycles. The van der Waals surface area contributed by atoms with Gasteiger partial charge in [0.1, 0.15) is 5.56 Å². The molecule has 140 valence electrons. The second-order valence-electron chi connectivity index (χ2n) is 6.24. The first-order valence-electron chi connectivity index (χ1n) is 8.37. The predicted octanol–water partition coefficient (Wildman–Crippen LogP) is 1.37. The van der Waals surface area contributed by atoms with E-state index in [1.54, 1.807) is 40.9 Å². The first-order chi connectivity index (χ1) is 11.8. The zero-order valence-corrected chi connectivity index (χ0v) is 15.6. The molecule has 0 fully saturated rings. The molecule has 1 aromatic rings. The molecule has 1 unspecified atom stereocenters. The third-order valence-electron chi connectivity index (χ3n) is 3.60. The SMILES string of the molecule is CC(C)N(C(=O)OC(C)[n+]1cccc(C(=O)NCCON)c1)C(C)C. The van der Waals surface area contributed by atoms with Gasteiger partial charge in [-0.15, -0.1) is 0 Å². The van der Waals surface area contributed by atoms with E-state index in [9.17, 15) is 9.59 Å². The third kappa shape index (κ3) is 6.32. The van der Waals surface area contributed by atoms with Gasteiger partial charge in [0.05, 0.1) is 6.61 Å². The summed E-state index contributed by atoms with van der Waals surface area (Å²) in [5.74, 6) is 4.67. The summed E-state index contributed by atoms with van der Waals surface area (Å²) >= 11 is 0. The van der Waals surface area contributed by atoms with Crippen LogP contribution in [0.4, 0.5) is 4.79 Å². The number of pyridine rings is 1. The summed E-state index contributed by atoms with van der Waals surface area (Å²) in [6, 6.07) is 3.47. The van der Waals surface area contributed by atoms with Gasteiger partial charge >= 0.3 is 12.3 Å². The van der Waals surface area contributed by atoms with Gasteiger partial charge in [-0.3, -0.25) is 4.79 Å². The second kappa shape index (κ2) is 9.95. The molecule has 0 spiro atoms. The molecule has 8 heteroatoms. The van der Waals surface area contributed by atoms with Gasteiger partial charge in [-0.05, 0) is 33.8 Å². The van der Waals surface area contributed by atoms with E-state index in [0.717, 1.165) is 0 Å². The van der Waals surface area contributed by atoms with Gasteiger partial charge in [0.25, 0.3) is 5.91 Å². The third-order valence-corrected chi connectivity index (χ3v) is 3.60. The number of aromatic nitrogens is 1. The Balaban J connectivity index is 2.78. The highest BCUT2D eigenvalue weighted by molar-refractivity contribution is 5.93. The zero-order valence-electron chi connectivity index (χ0n) is 15.6. The van der Waals surface area contributed by atoms with Crippen LogP contribution in [0.2, 0.25) is 0 Å². The Bertz CT molecular complexity index is 570. The van der Waals surface area contributed by atoms with E-state index in [4.69, 9.17) is 10.6 Å². The van der Waals surface area contributed by atoms with E-state index in [0.29, 0.717) is 12.1 Å². The molecular weight excluding hydrogens is 324 g/mol. The molecule has 3 N–H and O–H groups in total. The van der Waals surface area contributed by atoms with E-state index in [1.807, 2.05) is 27.7 Å². The van der Waals surface area contributed by atoms with Crippen molar-refractivity contribution in [1.82, 2.24) is 10.2 Å². The van der Waals surface area contributed by atoms with Crippen LogP contribution in [0.5, 0.6) is 0 Å². The first-order valence-corrected chi connectivity index (χ1v) is 8.37. The molecule has 0 aliphatic heterocycles. The number of hydrogen-bond acceptors (Lipinski definition) is 5. The molecule has 1 aromatic heterocycles. The first kappa shape index (κ1) is 20.9. The number of nitrogens with zero attached hydrogens (tertiary/aromatic N) is 2. The van der Waals surface area contributed by atoms with Crippen molar-refractivity contribution in [2.75, 3.05) is 13.2 Å². The van der Waals surface area contributed by atoms with E-state index >= 15 is 0 Å². The molecule has 25 heavy (non-hydrogen) atoms. The van der Waals surface area contributed by atoms with E-state index in [-0.39, 0.29) is 30.7 Å². The molecule has 0 aliphatic rings. The maximum Gasteiger partial charge on any atom is 0.415 e. The molecule has 1 rings (SSSR count). The van der Waals surface area contributed by atoms with Crippen LogP contribution in [-0.4, -0.2) is 42.1 Å². The number of ether oxygens (including phenoxy) is 1. The normalized spacial score (nSPS) is 12.2. The van der Waals surface area contributed by atoms with Gasteiger partial charge in [0, 0.05) is 31.6 Å². The number of hydrogen-bond donors (Lipinski definition) is 2. The van der Waals surface area contributed by atoms with Crippen molar-refractivity contribution in [2.45, 2.75) is 52.9 Å². The standard InChI is InChI=1S/C17H28N4O4/c1-12(2)21(13(3)4)17(23)25-14(5)20-9-6-7-15(11-20)16(22)19-8-10-24-18/h6-7,9,11-14H,8,10,18H2,1-5H3/p+1. The summed E-state index contributed by atoms with van der Waals surface area (Å²) < 4.78 is 7.21. The minimum atomic E-state index is -0.548. The summed E-state index contributed by atoms with van der Waals surface area (Å²) in [4.78, 5) is 30.5. The molecule has 2 amide bonds. The minimum absolute atomic E-state index is 0.0339. The Kier molecular flexibility index (Phi) is 8.30. The predicted molar refractivity (Wildman–Crippen MR) is 92.4 cm³/mol. The Morgan fingerprint density at radius 3 is 2.44 bits per heavy atom. The molecule has 8 nitrogen and oxygen atoms in total. The van der Waals surface area contributed by atoms with Crippen molar-refractivity contribution in [1.29, 1.82) is 0 Å². The molecular formula is C17H29N4O4+. The van der Waals surface area contributed by atoms with Crippen molar-refractivity contribution in [3.63, 3.8) is 0 Å². The molecule has 0 aliphatic carbocycles. The van der Waals surface area contributed by atoms with Crippen LogP contribution in [0.3, 0.4) is 0 Å². The Labute approximate surface area is 148 Å². The van der Waals surface area contributed by atoms with Gasteiger partial charge in [-0.1, -0.05) is 0 Å². The summed E-state index contributed by atoms with van der Waals surface area (Å²) in [6.45, 7) is 10.0. The fourth-order valence-corrected chi connectivity index (χ4v) is 2.46.